The van der Waals surface area contributed by atoms with Crippen molar-refractivity contribution in [3.8, 4) is 5.75 Å². The lowest BCUT2D eigenvalue weighted by atomic mass is 10.2. The molecule has 3 rings (SSSR count). The van der Waals surface area contributed by atoms with Gasteiger partial charge in [0, 0.05) is 17.4 Å². The Morgan fingerprint density at radius 2 is 2.12 bits per heavy atom. The normalized spacial score (nSPS) is 15.6. The summed E-state index contributed by atoms with van der Waals surface area (Å²) in [4.78, 5) is 35.7. The Balaban J connectivity index is 1.70. The molecule has 2 N–H and O–H groups in total. The minimum atomic E-state index is -0.561. The number of benzene rings is 2. The molecule has 8 nitrogen and oxygen atoms in total. The van der Waals surface area contributed by atoms with Crippen LogP contribution in [0.2, 0.25) is 0 Å². The Morgan fingerprint density at radius 3 is 2.85 bits per heavy atom. The van der Waals surface area contributed by atoms with Gasteiger partial charge in [-0.25, -0.2) is 0 Å². The lowest BCUT2D eigenvalue weighted by Crippen LogP contribution is -2.32. The van der Waals surface area contributed by atoms with E-state index in [1.807, 2.05) is 18.2 Å². The number of methoxy groups -OCH3 is 1. The number of amides is 2. The van der Waals surface area contributed by atoms with Crippen LogP contribution < -0.4 is 15.4 Å². The summed E-state index contributed by atoms with van der Waals surface area (Å²) in [6, 6.07) is 11.3. The molecule has 0 saturated heterocycles. The molecule has 1 aliphatic rings. The highest BCUT2D eigenvalue weighted by Gasteiger charge is 2.29. The van der Waals surface area contributed by atoms with Crippen molar-refractivity contribution >= 4 is 40.6 Å². The number of rotatable bonds is 5. The van der Waals surface area contributed by atoms with Crippen LogP contribution in [0.3, 0.4) is 0 Å². The number of hydrogen-bond acceptors (Lipinski definition) is 6. The van der Waals surface area contributed by atoms with Crippen molar-refractivity contribution in [2.45, 2.75) is 16.6 Å². The summed E-state index contributed by atoms with van der Waals surface area (Å²) in [6.07, 6.45) is -0.0367. The van der Waals surface area contributed by atoms with Crippen molar-refractivity contribution in [2.24, 2.45) is 0 Å². The van der Waals surface area contributed by atoms with Crippen LogP contribution in [0.4, 0.5) is 17.1 Å². The van der Waals surface area contributed by atoms with Crippen LogP contribution in [0.25, 0.3) is 0 Å². The number of nitrogens with one attached hydrogen (secondary N) is 2. The number of hydrogen-bond donors (Lipinski definition) is 2. The number of ether oxygens (including phenoxy) is 1. The molecule has 1 aliphatic heterocycles. The molecular formula is C17H15N3O5S. The van der Waals surface area contributed by atoms with E-state index in [1.165, 1.54) is 37.1 Å². The van der Waals surface area contributed by atoms with E-state index in [2.05, 4.69) is 10.6 Å². The smallest absolute Gasteiger partial charge is 0.273 e. The highest BCUT2D eigenvalue weighted by Crippen LogP contribution is 2.37. The van der Waals surface area contributed by atoms with Gasteiger partial charge in [0.2, 0.25) is 11.8 Å². The number of thioether (sulfide) groups is 1. The molecule has 0 spiro atoms. The van der Waals surface area contributed by atoms with Gasteiger partial charge in [0.1, 0.15) is 5.75 Å². The Morgan fingerprint density at radius 1 is 1.35 bits per heavy atom. The SMILES string of the molecule is COc1cc([N+](=O)[O-])ccc1NC(=O)C[C@@H]1Sc2ccccc2NC1=O. The number of para-hydroxylation sites is 1. The Kier molecular flexibility index (Phi) is 5.08. The maximum absolute atomic E-state index is 12.3. The molecule has 2 amide bonds. The first-order valence-corrected chi connectivity index (χ1v) is 8.54. The first-order valence-electron chi connectivity index (χ1n) is 7.67. The third-order valence-corrected chi connectivity index (χ3v) is 5.02. The van der Waals surface area contributed by atoms with E-state index >= 15 is 0 Å². The lowest BCUT2D eigenvalue weighted by molar-refractivity contribution is -0.384. The molecule has 0 aliphatic carbocycles. The van der Waals surface area contributed by atoms with E-state index < -0.39 is 10.2 Å². The number of nitrogens with zero attached hydrogens (tertiary/aromatic N) is 1. The first-order chi connectivity index (χ1) is 12.5. The predicted octanol–water partition coefficient (Wildman–Crippen LogP) is 3.04. The van der Waals surface area contributed by atoms with Crippen LogP contribution >= 0.6 is 11.8 Å². The first kappa shape index (κ1) is 17.7. The molecule has 134 valence electrons. The molecule has 26 heavy (non-hydrogen) atoms. The third kappa shape index (κ3) is 3.77. The van der Waals surface area contributed by atoms with Gasteiger partial charge >= 0.3 is 0 Å². The molecule has 9 heteroatoms. The van der Waals surface area contributed by atoms with Gasteiger partial charge in [-0.15, -0.1) is 11.8 Å². The van der Waals surface area contributed by atoms with Crippen molar-refractivity contribution in [1.82, 2.24) is 0 Å². The fourth-order valence-corrected chi connectivity index (χ4v) is 3.60. The van der Waals surface area contributed by atoms with Gasteiger partial charge in [-0.1, -0.05) is 12.1 Å². The van der Waals surface area contributed by atoms with Gasteiger partial charge in [0.05, 0.1) is 34.7 Å². The monoisotopic (exact) mass is 373 g/mol. The van der Waals surface area contributed by atoms with Crippen molar-refractivity contribution in [3.05, 3.63) is 52.6 Å². The average Bonchev–Trinajstić information content (AvgIpc) is 2.62. The van der Waals surface area contributed by atoms with Crippen molar-refractivity contribution < 1.29 is 19.2 Å². The lowest BCUT2D eigenvalue weighted by Gasteiger charge is -2.23. The summed E-state index contributed by atoms with van der Waals surface area (Å²) in [5, 5.41) is 15.7. The fourth-order valence-electron chi connectivity index (χ4n) is 2.49. The maximum Gasteiger partial charge on any atom is 0.273 e. The number of carbonyl (C=O) groups excluding carboxylic acids is 2. The minimum absolute atomic E-state index is 0.0367. The Labute approximate surface area is 153 Å². The summed E-state index contributed by atoms with van der Waals surface area (Å²) >= 11 is 1.33. The van der Waals surface area contributed by atoms with Crippen molar-refractivity contribution in [3.63, 3.8) is 0 Å². The number of nitro benzene ring substituents is 1. The number of anilines is 2. The number of nitro groups is 1. The van der Waals surface area contributed by atoms with Gasteiger partial charge in [-0.05, 0) is 18.2 Å². The van der Waals surface area contributed by atoms with Gasteiger partial charge in [0.25, 0.3) is 5.69 Å². The zero-order valence-corrected chi connectivity index (χ0v) is 14.5. The van der Waals surface area contributed by atoms with Crippen LogP contribution in [-0.4, -0.2) is 29.1 Å². The second kappa shape index (κ2) is 7.44. The second-order valence-electron chi connectivity index (χ2n) is 5.49. The zero-order chi connectivity index (χ0) is 18.7. The van der Waals surface area contributed by atoms with Crippen LogP contribution in [0.5, 0.6) is 5.75 Å². The number of non-ortho nitro benzene ring substituents is 1. The summed E-state index contributed by atoms with van der Waals surface area (Å²) in [5.74, 6) is -0.442. The summed E-state index contributed by atoms with van der Waals surface area (Å²) in [6.45, 7) is 0. The van der Waals surface area contributed by atoms with E-state index in [0.29, 0.717) is 5.69 Å². The molecule has 2 aromatic carbocycles. The highest BCUT2D eigenvalue weighted by molar-refractivity contribution is 8.01. The van der Waals surface area contributed by atoms with Crippen molar-refractivity contribution in [1.29, 1.82) is 0 Å². The van der Waals surface area contributed by atoms with Crippen LogP contribution in [-0.2, 0) is 9.59 Å². The van der Waals surface area contributed by atoms with Crippen LogP contribution in [0.15, 0.2) is 47.4 Å². The number of fused-ring (bicyclic) bond motifs is 1. The summed E-state index contributed by atoms with van der Waals surface area (Å²) in [5.41, 5.74) is 0.902. The standard InChI is InChI=1S/C17H15N3O5S/c1-25-13-8-10(20(23)24)6-7-11(13)18-16(21)9-15-17(22)19-12-4-2-3-5-14(12)26-15/h2-8,15H,9H2,1H3,(H,18,21)(H,19,22)/t15-/m0/s1. The van der Waals surface area contributed by atoms with Gasteiger partial charge in [0.15, 0.2) is 0 Å². The van der Waals surface area contributed by atoms with Gasteiger partial charge in [-0.2, -0.15) is 0 Å². The highest BCUT2D eigenvalue weighted by atomic mass is 32.2. The molecule has 0 bridgehead atoms. The molecule has 0 radical (unpaired) electrons. The molecular weight excluding hydrogens is 358 g/mol. The molecule has 0 aromatic heterocycles. The second-order valence-corrected chi connectivity index (χ2v) is 6.73. The minimum Gasteiger partial charge on any atom is -0.494 e. The molecule has 1 heterocycles. The topological polar surface area (TPSA) is 111 Å². The molecule has 2 aromatic rings. The predicted molar refractivity (Wildman–Crippen MR) is 97.6 cm³/mol. The summed E-state index contributed by atoms with van der Waals surface area (Å²) in [7, 11) is 1.36. The van der Waals surface area contributed by atoms with Crippen molar-refractivity contribution in [2.75, 3.05) is 17.7 Å². The van der Waals surface area contributed by atoms with Gasteiger partial charge in [-0.3, -0.25) is 19.7 Å². The van der Waals surface area contributed by atoms with Crippen LogP contribution in [0, 0.1) is 10.1 Å². The largest absolute Gasteiger partial charge is 0.494 e. The third-order valence-electron chi connectivity index (χ3n) is 3.75. The quantitative estimate of drug-likeness (QED) is 0.616. The zero-order valence-electron chi connectivity index (χ0n) is 13.7. The van der Waals surface area contributed by atoms with E-state index in [9.17, 15) is 19.7 Å². The van der Waals surface area contributed by atoms with Crippen LogP contribution in [0.1, 0.15) is 6.42 Å². The van der Waals surface area contributed by atoms with E-state index in [1.54, 1.807) is 6.07 Å². The van der Waals surface area contributed by atoms with Gasteiger partial charge < -0.3 is 15.4 Å². The molecule has 0 unspecified atom stereocenters. The average molecular weight is 373 g/mol. The molecule has 0 saturated carbocycles. The fraction of sp³-hybridized carbons (Fsp3) is 0.176. The summed E-state index contributed by atoms with van der Waals surface area (Å²) < 4.78 is 5.09. The Bertz CT molecular complexity index is 886. The van der Waals surface area contributed by atoms with E-state index in [4.69, 9.17) is 4.74 Å². The maximum atomic E-state index is 12.3. The molecule has 1 atom stereocenters. The van der Waals surface area contributed by atoms with E-state index in [0.717, 1.165) is 10.6 Å². The Hall–Kier alpha value is -3.07. The molecule has 0 fully saturated rings. The van der Waals surface area contributed by atoms with E-state index in [-0.39, 0.29) is 29.7 Å². The number of carbonyl (C=O) groups is 2.